The van der Waals surface area contributed by atoms with Crippen LogP contribution < -0.4 is 16.2 Å². The first-order valence-electron chi connectivity index (χ1n) is 5.97. The summed E-state index contributed by atoms with van der Waals surface area (Å²) in [6, 6.07) is 0. The third kappa shape index (κ3) is 2.06. The van der Waals surface area contributed by atoms with Crippen molar-refractivity contribution in [1.82, 2.24) is 14.5 Å². The lowest BCUT2D eigenvalue weighted by Gasteiger charge is -2.15. The minimum absolute atomic E-state index is 0.0342. The maximum Gasteiger partial charge on any atom is 0.311 e. The topological polar surface area (TPSA) is 164 Å². The number of aliphatic hydroxyl groups is 3. The van der Waals surface area contributed by atoms with E-state index >= 15 is 0 Å². The van der Waals surface area contributed by atoms with Crippen LogP contribution in [-0.2, 0) is 4.74 Å². The Bertz CT molecular complexity index is 797. The fraction of sp³-hybridized carbons (Fsp3) is 0.500. The Morgan fingerprint density at radius 3 is 2.71 bits per heavy atom. The van der Waals surface area contributed by atoms with Crippen molar-refractivity contribution in [3.05, 3.63) is 20.0 Å². The van der Waals surface area contributed by atoms with Crippen molar-refractivity contribution in [2.75, 3.05) is 12.3 Å². The average Bonchev–Trinajstić information content (AvgIpc) is 2.89. The van der Waals surface area contributed by atoms with E-state index in [1.165, 1.54) is 0 Å². The Hall–Kier alpha value is -1.79. The van der Waals surface area contributed by atoms with Crippen molar-refractivity contribution in [3.8, 4) is 0 Å². The molecule has 1 aliphatic rings. The molecule has 2 aromatic rings. The number of thiazole rings is 1. The number of aliphatic hydroxyl groups excluding tert-OH is 3. The standard InChI is InChI=1S/C10H12N4O6S/c11-9-12-6-5(7(18)13-9)21-10(19)14(6)8-4(17)3(16)2(1-15)20-8/h2-4,8,15-17H,1H2,(H3,11,12,13,18)/t2-,3-,4-,8+/m1/s1. The molecule has 21 heavy (non-hydrogen) atoms. The molecule has 0 aliphatic carbocycles. The van der Waals surface area contributed by atoms with Gasteiger partial charge in [-0.05, 0) is 0 Å². The summed E-state index contributed by atoms with van der Waals surface area (Å²) >= 11 is 0.623. The number of rotatable bonds is 2. The van der Waals surface area contributed by atoms with E-state index in [1.807, 2.05) is 0 Å². The molecule has 3 rings (SSSR count). The molecule has 1 aliphatic heterocycles. The molecule has 1 fully saturated rings. The Balaban J connectivity index is 2.20. The monoisotopic (exact) mass is 316 g/mol. The number of nitrogens with zero attached hydrogens (tertiary/aromatic N) is 2. The largest absolute Gasteiger partial charge is 0.394 e. The second kappa shape index (κ2) is 4.89. The molecule has 11 heteroatoms. The lowest BCUT2D eigenvalue weighted by molar-refractivity contribution is -0.0518. The molecule has 10 nitrogen and oxygen atoms in total. The zero-order valence-corrected chi connectivity index (χ0v) is 11.3. The van der Waals surface area contributed by atoms with Crippen molar-refractivity contribution in [2.24, 2.45) is 0 Å². The van der Waals surface area contributed by atoms with Crippen molar-refractivity contribution in [1.29, 1.82) is 0 Å². The first-order valence-corrected chi connectivity index (χ1v) is 6.79. The van der Waals surface area contributed by atoms with Gasteiger partial charge >= 0.3 is 4.87 Å². The van der Waals surface area contributed by atoms with Gasteiger partial charge in [-0.15, -0.1) is 0 Å². The lowest BCUT2D eigenvalue weighted by Crippen LogP contribution is -2.34. The third-order valence-electron chi connectivity index (χ3n) is 3.26. The molecule has 0 spiro atoms. The van der Waals surface area contributed by atoms with Gasteiger partial charge < -0.3 is 25.8 Å². The summed E-state index contributed by atoms with van der Waals surface area (Å²) in [5.74, 6) is -0.189. The number of fused-ring (bicyclic) bond motifs is 1. The van der Waals surface area contributed by atoms with E-state index in [9.17, 15) is 19.8 Å². The van der Waals surface area contributed by atoms with Crippen LogP contribution in [0.5, 0.6) is 0 Å². The molecule has 0 amide bonds. The fourth-order valence-electron chi connectivity index (χ4n) is 2.26. The highest BCUT2D eigenvalue weighted by Crippen LogP contribution is 2.30. The van der Waals surface area contributed by atoms with Crippen LogP contribution in [0.15, 0.2) is 9.59 Å². The van der Waals surface area contributed by atoms with Crippen molar-refractivity contribution < 1.29 is 20.1 Å². The number of nitrogens with one attached hydrogen (secondary N) is 1. The van der Waals surface area contributed by atoms with Gasteiger partial charge in [0.05, 0.1) is 6.61 Å². The summed E-state index contributed by atoms with van der Waals surface area (Å²) in [4.78, 5) is 29.3. The third-order valence-corrected chi connectivity index (χ3v) is 4.21. The number of nitrogens with two attached hydrogens (primary N) is 1. The fourth-order valence-corrected chi connectivity index (χ4v) is 3.11. The molecule has 0 bridgehead atoms. The number of nitrogen functional groups attached to an aromatic ring is 1. The van der Waals surface area contributed by atoms with Gasteiger partial charge in [-0.1, -0.05) is 11.3 Å². The maximum atomic E-state index is 12.0. The molecule has 0 saturated carbocycles. The predicted octanol–water partition coefficient (Wildman–Crippen LogP) is -2.66. The summed E-state index contributed by atoms with van der Waals surface area (Å²) in [6.07, 6.45) is -5.10. The summed E-state index contributed by atoms with van der Waals surface area (Å²) in [5, 5.41) is 28.8. The number of H-pyrrole nitrogens is 1. The normalized spacial score (nSPS) is 29.3. The summed E-state index contributed by atoms with van der Waals surface area (Å²) < 4.78 is 6.26. The summed E-state index contributed by atoms with van der Waals surface area (Å²) in [7, 11) is 0. The molecule has 2 aromatic heterocycles. The second-order valence-corrected chi connectivity index (χ2v) is 5.53. The molecule has 0 aromatic carbocycles. The number of hydrogen-bond acceptors (Lipinski definition) is 9. The molecule has 4 atom stereocenters. The van der Waals surface area contributed by atoms with Gasteiger partial charge in [0.25, 0.3) is 5.56 Å². The van der Waals surface area contributed by atoms with E-state index in [2.05, 4.69) is 9.97 Å². The number of aromatic nitrogens is 3. The van der Waals surface area contributed by atoms with Crippen LogP contribution in [-0.4, -0.2) is 54.8 Å². The Morgan fingerprint density at radius 2 is 2.10 bits per heavy atom. The Morgan fingerprint density at radius 1 is 1.38 bits per heavy atom. The molecule has 0 radical (unpaired) electrons. The first kappa shape index (κ1) is 14.2. The SMILES string of the molecule is Nc1nc2c(sc(=O)n2[C@H]2O[C@H](CO)[C@@H](O)[C@H]2O)c(=O)[nH]1. The number of aromatic amines is 1. The van der Waals surface area contributed by atoms with Crippen LogP contribution >= 0.6 is 11.3 Å². The lowest BCUT2D eigenvalue weighted by atomic mass is 10.1. The number of ether oxygens (including phenoxy) is 1. The van der Waals surface area contributed by atoms with E-state index in [0.29, 0.717) is 11.3 Å². The smallest absolute Gasteiger partial charge is 0.311 e. The van der Waals surface area contributed by atoms with Gasteiger partial charge in [0.15, 0.2) is 11.9 Å². The van der Waals surface area contributed by atoms with E-state index in [1.54, 1.807) is 0 Å². The van der Waals surface area contributed by atoms with Gasteiger partial charge in [-0.2, -0.15) is 4.98 Å². The average molecular weight is 316 g/mol. The van der Waals surface area contributed by atoms with Gasteiger partial charge in [0.2, 0.25) is 5.95 Å². The molecular weight excluding hydrogens is 304 g/mol. The van der Waals surface area contributed by atoms with Crippen LogP contribution in [0.2, 0.25) is 0 Å². The van der Waals surface area contributed by atoms with Crippen molar-refractivity contribution in [2.45, 2.75) is 24.5 Å². The van der Waals surface area contributed by atoms with Gasteiger partial charge in [0.1, 0.15) is 23.0 Å². The van der Waals surface area contributed by atoms with Crippen molar-refractivity contribution in [3.63, 3.8) is 0 Å². The van der Waals surface area contributed by atoms with Crippen LogP contribution in [0, 0.1) is 0 Å². The Labute approximate surface area is 120 Å². The zero-order valence-electron chi connectivity index (χ0n) is 10.5. The molecule has 114 valence electrons. The molecule has 0 unspecified atom stereocenters. The highest BCUT2D eigenvalue weighted by atomic mass is 32.1. The minimum atomic E-state index is -1.44. The zero-order chi connectivity index (χ0) is 15.3. The molecule has 1 saturated heterocycles. The number of hydrogen-bond donors (Lipinski definition) is 5. The Kier molecular flexibility index (Phi) is 3.30. The van der Waals surface area contributed by atoms with Gasteiger partial charge in [0, 0.05) is 0 Å². The van der Waals surface area contributed by atoms with E-state index in [-0.39, 0.29) is 16.3 Å². The highest BCUT2D eigenvalue weighted by Gasteiger charge is 2.44. The van der Waals surface area contributed by atoms with Crippen molar-refractivity contribution >= 4 is 27.6 Å². The molecular formula is C10H12N4O6S. The van der Waals surface area contributed by atoms with E-state index in [0.717, 1.165) is 4.57 Å². The predicted molar refractivity (Wildman–Crippen MR) is 71.9 cm³/mol. The van der Waals surface area contributed by atoms with Crippen LogP contribution in [0.25, 0.3) is 10.3 Å². The maximum absolute atomic E-state index is 12.0. The summed E-state index contributed by atoms with van der Waals surface area (Å²) in [5.41, 5.74) is 4.83. The van der Waals surface area contributed by atoms with Crippen LogP contribution in [0.4, 0.5) is 5.95 Å². The van der Waals surface area contributed by atoms with Gasteiger partial charge in [-0.25, -0.2) is 0 Å². The number of anilines is 1. The van der Waals surface area contributed by atoms with Crippen LogP contribution in [0.1, 0.15) is 6.23 Å². The highest BCUT2D eigenvalue weighted by molar-refractivity contribution is 7.16. The second-order valence-electron chi connectivity index (χ2n) is 4.57. The first-order chi connectivity index (χ1) is 9.93. The van der Waals surface area contributed by atoms with E-state index < -0.39 is 41.6 Å². The quantitative estimate of drug-likeness (QED) is 0.400. The minimum Gasteiger partial charge on any atom is -0.394 e. The molecule has 6 N–H and O–H groups in total. The molecule has 3 heterocycles. The van der Waals surface area contributed by atoms with Gasteiger partial charge in [-0.3, -0.25) is 19.1 Å². The van der Waals surface area contributed by atoms with Crippen LogP contribution in [0.3, 0.4) is 0 Å². The van der Waals surface area contributed by atoms with E-state index in [4.69, 9.17) is 15.6 Å². The summed E-state index contributed by atoms with van der Waals surface area (Å²) in [6.45, 7) is -0.526.